The van der Waals surface area contributed by atoms with E-state index in [1.807, 2.05) is 30.3 Å². The average molecular weight is 380 g/mol. The molecule has 2 aliphatic rings. The lowest BCUT2D eigenvalue weighted by Crippen LogP contribution is -2.53. The van der Waals surface area contributed by atoms with Crippen molar-refractivity contribution in [1.82, 2.24) is 4.90 Å². The van der Waals surface area contributed by atoms with E-state index in [2.05, 4.69) is 17.0 Å². The minimum atomic E-state index is -0.988. The number of carbonyl (C=O) groups excluding carboxylic acids is 2. The van der Waals surface area contributed by atoms with Crippen LogP contribution in [-0.4, -0.2) is 35.5 Å². The lowest BCUT2D eigenvalue weighted by molar-refractivity contribution is -0.131. The highest BCUT2D eigenvalue weighted by Crippen LogP contribution is 2.38. The summed E-state index contributed by atoms with van der Waals surface area (Å²) in [6, 6.07) is 9.72. The largest absolute Gasteiger partial charge is 0.359 e. The number of aldehydes is 1. The first-order valence-corrected chi connectivity index (χ1v) is 9.57. The summed E-state index contributed by atoms with van der Waals surface area (Å²) in [5, 5.41) is 11.9. The van der Waals surface area contributed by atoms with E-state index < -0.39 is 11.4 Å². The molecule has 6 heteroatoms. The van der Waals surface area contributed by atoms with Gasteiger partial charge in [0.05, 0.1) is 0 Å². The molecule has 3 rings (SSSR count). The maximum absolute atomic E-state index is 12.4. The molecule has 2 aliphatic carbocycles. The van der Waals surface area contributed by atoms with Gasteiger partial charge < -0.3 is 15.8 Å². The predicted molar refractivity (Wildman–Crippen MR) is 112 cm³/mol. The second-order valence-electron chi connectivity index (χ2n) is 6.96. The van der Waals surface area contributed by atoms with Gasteiger partial charge in [-0.15, -0.1) is 6.42 Å². The molecule has 6 nitrogen and oxygen atoms in total. The van der Waals surface area contributed by atoms with Gasteiger partial charge in [-0.25, -0.2) is 0 Å². The standard InChI is InChI=1S/C21H23N3O2.CH5N/c1-2-20(26)24(21(15-25)12-6-7-13-21)19(22)14-18(16-10-11-16)23-17-8-4-3-5-9-17;1-2/h1,3-5,8-9,14-16,22-23H,6-7,10-13H2;2H2,1H3/b18-14-,22-19?;. The van der Waals surface area contributed by atoms with E-state index >= 15 is 0 Å². The van der Waals surface area contributed by atoms with Crippen LogP contribution in [0, 0.1) is 23.7 Å². The van der Waals surface area contributed by atoms with Crippen LogP contribution in [0.15, 0.2) is 42.1 Å². The zero-order valence-electron chi connectivity index (χ0n) is 16.3. The number of hydrogen-bond donors (Lipinski definition) is 3. The van der Waals surface area contributed by atoms with Crippen molar-refractivity contribution in [3.63, 3.8) is 0 Å². The lowest BCUT2D eigenvalue weighted by Gasteiger charge is -2.35. The van der Waals surface area contributed by atoms with Crippen LogP contribution in [0.5, 0.6) is 0 Å². The minimum Gasteiger partial charge on any atom is -0.359 e. The molecule has 4 N–H and O–H groups in total. The van der Waals surface area contributed by atoms with E-state index in [4.69, 9.17) is 11.8 Å². The van der Waals surface area contributed by atoms with E-state index in [9.17, 15) is 9.59 Å². The quantitative estimate of drug-likeness (QED) is 0.306. The van der Waals surface area contributed by atoms with Gasteiger partial charge in [0.25, 0.3) is 0 Å². The summed E-state index contributed by atoms with van der Waals surface area (Å²) in [4.78, 5) is 25.4. The topological polar surface area (TPSA) is 99.3 Å². The maximum Gasteiger partial charge on any atom is 0.304 e. The van der Waals surface area contributed by atoms with Crippen molar-refractivity contribution in [3.05, 3.63) is 42.1 Å². The third kappa shape index (κ3) is 4.87. The van der Waals surface area contributed by atoms with Crippen molar-refractivity contribution < 1.29 is 9.59 Å². The van der Waals surface area contributed by atoms with Gasteiger partial charge in [-0.2, -0.15) is 0 Å². The van der Waals surface area contributed by atoms with Crippen LogP contribution in [0.25, 0.3) is 0 Å². The van der Waals surface area contributed by atoms with Crippen molar-refractivity contribution >= 4 is 23.7 Å². The van der Waals surface area contributed by atoms with E-state index in [0.717, 1.165) is 43.4 Å². The summed E-state index contributed by atoms with van der Waals surface area (Å²) in [5.41, 5.74) is 5.33. The van der Waals surface area contributed by atoms with Crippen LogP contribution in [0.2, 0.25) is 0 Å². The Bertz CT molecular complexity index is 769. The summed E-state index contributed by atoms with van der Waals surface area (Å²) in [6.45, 7) is 0. The highest BCUT2D eigenvalue weighted by atomic mass is 16.2. The number of nitrogens with two attached hydrogens (primary N) is 1. The molecular weight excluding hydrogens is 352 g/mol. The molecule has 0 atom stereocenters. The normalized spacial score (nSPS) is 17.5. The molecule has 28 heavy (non-hydrogen) atoms. The molecule has 0 spiro atoms. The number of allylic oxidation sites excluding steroid dienone is 1. The van der Waals surface area contributed by atoms with Crippen molar-refractivity contribution in [1.29, 1.82) is 5.41 Å². The number of amides is 1. The molecule has 1 aromatic rings. The molecule has 0 saturated heterocycles. The molecule has 0 radical (unpaired) electrons. The van der Waals surface area contributed by atoms with Gasteiger partial charge in [-0.05, 0) is 56.7 Å². The van der Waals surface area contributed by atoms with E-state index in [0.29, 0.717) is 18.8 Å². The Kier molecular flexibility index (Phi) is 7.53. The number of terminal acetylenes is 1. The molecule has 148 valence electrons. The Morgan fingerprint density at radius 2 is 1.89 bits per heavy atom. The number of amidine groups is 1. The number of anilines is 1. The van der Waals surface area contributed by atoms with E-state index in [-0.39, 0.29) is 5.84 Å². The van der Waals surface area contributed by atoms with E-state index in [1.165, 1.54) is 11.9 Å². The van der Waals surface area contributed by atoms with Gasteiger partial charge in [0, 0.05) is 17.5 Å². The van der Waals surface area contributed by atoms with Crippen LogP contribution < -0.4 is 11.1 Å². The van der Waals surface area contributed by atoms with Gasteiger partial charge in [0.15, 0.2) is 0 Å². The minimum absolute atomic E-state index is 0.0210. The monoisotopic (exact) mass is 380 g/mol. The molecular formula is C22H28N4O2. The number of hydrogen-bond acceptors (Lipinski definition) is 5. The summed E-state index contributed by atoms with van der Waals surface area (Å²) in [5.74, 6) is 1.78. The summed E-state index contributed by atoms with van der Waals surface area (Å²) >= 11 is 0. The summed E-state index contributed by atoms with van der Waals surface area (Å²) in [7, 11) is 1.50. The molecule has 0 bridgehead atoms. The van der Waals surface area contributed by atoms with Gasteiger partial charge in [0.1, 0.15) is 17.7 Å². The SMILES string of the molecule is C#CC(=O)N(C(=N)/C=C(\Nc1ccccc1)C1CC1)C1(C=O)CCCC1.CN. The fourth-order valence-electron chi connectivity index (χ4n) is 3.55. The van der Waals surface area contributed by atoms with Crippen LogP contribution in [0.3, 0.4) is 0 Å². The third-order valence-electron chi connectivity index (χ3n) is 5.07. The molecule has 0 unspecified atom stereocenters. The molecule has 0 heterocycles. The Balaban J connectivity index is 0.00000136. The first-order chi connectivity index (χ1) is 13.6. The Labute approximate surface area is 166 Å². The van der Waals surface area contributed by atoms with Crippen LogP contribution >= 0.6 is 0 Å². The number of benzene rings is 1. The van der Waals surface area contributed by atoms with Crippen LogP contribution in [-0.2, 0) is 9.59 Å². The second-order valence-corrected chi connectivity index (χ2v) is 6.96. The molecule has 0 aliphatic heterocycles. The predicted octanol–water partition coefficient (Wildman–Crippen LogP) is 2.92. The molecule has 2 saturated carbocycles. The fourth-order valence-corrected chi connectivity index (χ4v) is 3.55. The number of nitrogens with zero attached hydrogens (tertiary/aromatic N) is 1. The summed E-state index contributed by atoms with van der Waals surface area (Å²) < 4.78 is 0. The van der Waals surface area contributed by atoms with Crippen molar-refractivity contribution in [2.24, 2.45) is 11.7 Å². The number of nitrogens with one attached hydrogen (secondary N) is 2. The molecule has 2 fully saturated rings. The zero-order chi connectivity index (χ0) is 20.6. The Morgan fingerprint density at radius 3 is 2.39 bits per heavy atom. The smallest absolute Gasteiger partial charge is 0.304 e. The second kappa shape index (κ2) is 9.86. The number of carbonyl (C=O) groups is 2. The average Bonchev–Trinajstić information content (AvgIpc) is 3.48. The van der Waals surface area contributed by atoms with Crippen molar-refractivity contribution in [3.8, 4) is 12.3 Å². The van der Waals surface area contributed by atoms with Gasteiger partial charge >= 0.3 is 5.91 Å². The van der Waals surface area contributed by atoms with Gasteiger partial charge in [0.2, 0.25) is 0 Å². The Hall–Kier alpha value is -2.91. The molecule has 1 amide bonds. The fraction of sp³-hybridized carbons (Fsp3) is 0.409. The molecule has 1 aromatic carbocycles. The maximum atomic E-state index is 12.4. The lowest BCUT2D eigenvalue weighted by atomic mass is 9.96. The van der Waals surface area contributed by atoms with Crippen molar-refractivity contribution in [2.45, 2.75) is 44.1 Å². The van der Waals surface area contributed by atoms with E-state index in [1.54, 1.807) is 6.08 Å². The highest BCUT2D eigenvalue weighted by molar-refractivity contribution is 6.11. The van der Waals surface area contributed by atoms with Gasteiger partial charge in [-0.3, -0.25) is 15.1 Å². The van der Waals surface area contributed by atoms with Crippen LogP contribution in [0.1, 0.15) is 38.5 Å². The molecule has 0 aromatic heterocycles. The van der Waals surface area contributed by atoms with Crippen LogP contribution in [0.4, 0.5) is 5.69 Å². The van der Waals surface area contributed by atoms with Crippen molar-refractivity contribution in [2.75, 3.05) is 12.4 Å². The number of rotatable bonds is 6. The third-order valence-corrected chi connectivity index (χ3v) is 5.07. The first kappa shape index (κ1) is 21.4. The zero-order valence-corrected chi connectivity index (χ0v) is 16.3. The number of para-hydroxylation sites is 1. The first-order valence-electron chi connectivity index (χ1n) is 9.57. The highest BCUT2D eigenvalue weighted by Gasteiger charge is 2.44. The Morgan fingerprint density at radius 1 is 1.29 bits per heavy atom. The van der Waals surface area contributed by atoms with Gasteiger partial charge in [-0.1, -0.05) is 31.0 Å². The summed E-state index contributed by atoms with van der Waals surface area (Å²) in [6.07, 6.45) is 12.7.